The first-order chi connectivity index (χ1) is 7.41. The normalized spacial score (nSPS) is 11.4. The summed E-state index contributed by atoms with van der Waals surface area (Å²) < 4.78 is 1.71. The minimum atomic E-state index is -0.963. The van der Waals surface area contributed by atoms with Crippen molar-refractivity contribution in [2.75, 3.05) is 0 Å². The highest BCUT2D eigenvalue weighted by Gasteiger charge is 2.16. The van der Waals surface area contributed by atoms with E-state index in [2.05, 4.69) is 18.8 Å². The van der Waals surface area contributed by atoms with Gasteiger partial charge in [-0.05, 0) is 19.1 Å². The topological polar surface area (TPSA) is 55.1 Å². The average molecular weight is 242 g/mol. The van der Waals surface area contributed by atoms with Gasteiger partial charge in [-0.15, -0.1) is 0 Å². The van der Waals surface area contributed by atoms with Gasteiger partial charge >= 0.3 is 5.97 Å². The number of hydrogen-bond acceptors (Lipinski definition) is 3. The molecule has 0 amide bonds. The van der Waals surface area contributed by atoms with E-state index >= 15 is 0 Å². The van der Waals surface area contributed by atoms with Crippen LogP contribution in [-0.2, 0) is 5.75 Å². The lowest BCUT2D eigenvalue weighted by atomic mass is 10.4. The number of thioether (sulfide) groups is 1. The van der Waals surface area contributed by atoms with Crippen molar-refractivity contribution >= 4 is 17.7 Å². The molecule has 0 saturated heterocycles. The lowest BCUT2D eigenvalue weighted by Gasteiger charge is -2.07. The first kappa shape index (κ1) is 13.1. The highest BCUT2D eigenvalue weighted by molar-refractivity contribution is 7.99. The van der Waals surface area contributed by atoms with Gasteiger partial charge in [0.15, 0.2) is 0 Å². The molecule has 1 N–H and O–H groups in total. The number of aromatic nitrogens is 2. The van der Waals surface area contributed by atoms with E-state index in [9.17, 15) is 4.79 Å². The third kappa shape index (κ3) is 3.27. The molecule has 16 heavy (non-hydrogen) atoms. The monoisotopic (exact) mass is 242 g/mol. The van der Waals surface area contributed by atoms with Crippen LogP contribution in [0.2, 0.25) is 0 Å². The molecule has 0 unspecified atom stereocenters. The van der Waals surface area contributed by atoms with Gasteiger partial charge in [0, 0.05) is 18.0 Å². The first-order valence-corrected chi connectivity index (χ1v) is 6.39. The zero-order valence-electron chi connectivity index (χ0n) is 10.1. The summed E-state index contributed by atoms with van der Waals surface area (Å²) in [6, 6.07) is 0.122. The Hall–Kier alpha value is -0.970. The van der Waals surface area contributed by atoms with Crippen molar-refractivity contribution in [3.05, 3.63) is 17.7 Å². The molecule has 0 bridgehead atoms. The van der Waals surface area contributed by atoms with Crippen molar-refractivity contribution in [3.8, 4) is 0 Å². The van der Waals surface area contributed by atoms with Crippen molar-refractivity contribution in [3.63, 3.8) is 0 Å². The number of carboxylic acids is 1. The highest BCUT2D eigenvalue weighted by atomic mass is 32.2. The Morgan fingerprint density at radius 2 is 2.12 bits per heavy atom. The van der Waals surface area contributed by atoms with Crippen LogP contribution >= 0.6 is 11.8 Å². The van der Waals surface area contributed by atoms with Crippen LogP contribution in [0.15, 0.2) is 6.20 Å². The molecule has 0 fully saturated rings. The van der Waals surface area contributed by atoms with Crippen molar-refractivity contribution in [1.82, 2.24) is 9.55 Å². The number of carbonyl (C=O) groups is 1. The quantitative estimate of drug-likeness (QED) is 0.862. The fraction of sp³-hybridized carbons (Fsp3) is 0.636. The van der Waals surface area contributed by atoms with Gasteiger partial charge in [0.25, 0.3) is 0 Å². The van der Waals surface area contributed by atoms with E-state index in [1.54, 1.807) is 16.3 Å². The predicted octanol–water partition coefficient (Wildman–Crippen LogP) is 2.80. The van der Waals surface area contributed by atoms with Gasteiger partial charge in [0.05, 0.1) is 5.69 Å². The Morgan fingerprint density at radius 1 is 1.50 bits per heavy atom. The summed E-state index contributed by atoms with van der Waals surface area (Å²) in [5.74, 6) is -0.0682. The lowest BCUT2D eigenvalue weighted by molar-refractivity contribution is 0.0676. The lowest BCUT2D eigenvalue weighted by Crippen LogP contribution is -2.10. The van der Waals surface area contributed by atoms with Crippen LogP contribution < -0.4 is 0 Å². The summed E-state index contributed by atoms with van der Waals surface area (Å²) in [5.41, 5.74) is 0.838. The third-order valence-corrected chi connectivity index (χ3v) is 3.22. The fourth-order valence-corrected chi connectivity index (χ4v) is 1.96. The minimum absolute atomic E-state index is 0.122. The number of hydrogen-bond donors (Lipinski definition) is 1. The Bertz CT molecular complexity index is 372. The zero-order valence-corrected chi connectivity index (χ0v) is 10.9. The van der Waals surface area contributed by atoms with E-state index in [0.717, 1.165) is 11.4 Å². The Labute approximate surface area is 100 Å². The maximum absolute atomic E-state index is 11.0. The van der Waals surface area contributed by atoms with Crippen molar-refractivity contribution in [2.24, 2.45) is 0 Å². The summed E-state index contributed by atoms with van der Waals surface area (Å²) in [5, 5.41) is 9.54. The molecule has 1 heterocycles. The number of nitrogens with zero attached hydrogens (tertiary/aromatic N) is 2. The van der Waals surface area contributed by atoms with Crippen LogP contribution in [0, 0.1) is 0 Å². The standard InChI is InChI=1S/C11H18N2O2S/c1-7(2)13-5-9(6-16-8(3)4)12-10(13)11(14)15/h5,7-8H,6H2,1-4H3,(H,14,15). The predicted molar refractivity (Wildman–Crippen MR) is 66.0 cm³/mol. The Morgan fingerprint density at radius 3 is 2.50 bits per heavy atom. The third-order valence-electron chi connectivity index (χ3n) is 2.09. The second-order valence-electron chi connectivity index (χ2n) is 4.22. The smallest absolute Gasteiger partial charge is 0.372 e. The van der Waals surface area contributed by atoms with E-state index < -0.39 is 5.97 Å². The van der Waals surface area contributed by atoms with Gasteiger partial charge in [0.2, 0.25) is 5.82 Å². The molecule has 0 atom stereocenters. The second-order valence-corrected chi connectivity index (χ2v) is 5.79. The Balaban J connectivity index is 2.88. The van der Waals surface area contributed by atoms with Gasteiger partial charge in [-0.25, -0.2) is 9.78 Å². The number of aromatic carboxylic acids is 1. The SMILES string of the molecule is CC(C)SCc1cn(C(C)C)c(C(=O)O)n1. The van der Waals surface area contributed by atoms with Crippen molar-refractivity contribution in [1.29, 1.82) is 0 Å². The molecule has 4 nitrogen and oxygen atoms in total. The molecule has 0 spiro atoms. The molecule has 1 rings (SSSR count). The molecule has 90 valence electrons. The summed E-state index contributed by atoms with van der Waals surface area (Å²) in [4.78, 5) is 15.1. The fourth-order valence-electron chi connectivity index (χ4n) is 1.32. The van der Waals surface area contributed by atoms with Gasteiger partial charge in [-0.2, -0.15) is 11.8 Å². The Kier molecular flexibility index (Phi) is 4.41. The summed E-state index contributed by atoms with van der Waals surface area (Å²) in [7, 11) is 0. The molecule has 0 aliphatic rings. The molecule has 5 heteroatoms. The second kappa shape index (κ2) is 5.39. The van der Waals surface area contributed by atoms with Gasteiger partial charge in [-0.3, -0.25) is 0 Å². The van der Waals surface area contributed by atoms with Crippen LogP contribution in [0.25, 0.3) is 0 Å². The molecule has 0 aliphatic heterocycles. The summed E-state index contributed by atoms with van der Waals surface area (Å²) in [6.45, 7) is 8.13. The van der Waals surface area contributed by atoms with Crippen LogP contribution in [-0.4, -0.2) is 25.9 Å². The number of carboxylic acid groups (broad SMARTS) is 1. The molecule has 0 saturated carbocycles. The average Bonchev–Trinajstić information content (AvgIpc) is 2.58. The maximum atomic E-state index is 11.0. The van der Waals surface area contributed by atoms with Crippen LogP contribution in [0.1, 0.15) is 50.0 Å². The minimum Gasteiger partial charge on any atom is -0.475 e. The largest absolute Gasteiger partial charge is 0.475 e. The molecule has 0 aliphatic carbocycles. The maximum Gasteiger partial charge on any atom is 0.372 e. The van der Waals surface area contributed by atoms with E-state index in [1.807, 2.05) is 20.0 Å². The van der Waals surface area contributed by atoms with Gasteiger partial charge in [-0.1, -0.05) is 13.8 Å². The molecular formula is C11H18N2O2S. The zero-order chi connectivity index (χ0) is 12.3. The van der Waals surface area contributed by atoms with Crippen molar-refractivity contribution < 1.29 is 9.90 Å². The van der Waals surface area contributed by atoms with Crippen molar-refractivity contribution in [2.45, 2.75) is 44.7 Å². The van der Waals surface area contributed by atoms with E-state index in [4.69, 9.17) is 5.11 Å². The van der Waals surface area contributed by atoms with Crippen LogP contribution in [0.3, 0.4) is 0 Å². The van der Waals surface area contributed by atoms with E-state index in [0.29, 0.717) is 5.25 Å². The molecular weight excluding hydrogens is 224 g/mol. The molecule has 0 aromatic carbocycles. The number of rotatable bonds is 5. The van der Waals surface area contributed by atoms with E-state index in [1.165, 1.54) is 0 Å². The molecule has 1 aromatic heterocycles. The van der Waals surface area contributed by atoms with E-state index in [-0.39, 0.29) is 11.9 Å². The van der Waals surface area contributed by atoms with Crippen LogP contribution in [0.5, 0.6) is 0 Å². The van der Waals surface area contributed by atoms with Gasteiger partial charge < -0.3 is 9.67 Å². The van der Waals surface area contributed by atoms with Crippen LogP contribution in [0.4, 0.5) is 0 Å². The summed E-state index contributed by atoms with van der Waals surface area (Å²) in [6.07, 6.45) is 1.84. The summed E-state index contributed by atoms with van der Waals surface area (Å²) >= 11 is 1.76. The first-order valence-electron chi connectivity index (χ1n) is 5.34. The van der Waals surface area contributed by atoms with Gasteiger partial charge in [0.1, 0.15) is 0 Å². The number of imidazole rings is 1. The highest BCUT2D eigenvalue weighted by Crippen LogP contribution is 2.18. The molecule has 1 aromatic rings. The molecule has 0 radical (unpaired) electrons.